The molecule has 144 valence electrons. The number of nitro benzene ring substituents is 1. The van der Waals surface area contributed by atoms with Gasteiger partial charge in [0, 0.05) is 11.6 Å². The van der Waals surface area contributed by atoms with Crippen molar-refractivity contribution < 1.29 is 23.2 Å². The highest BCUT2D eigenvalue weighted by molar-refractivity contribution is 5.93. The maximum absolute atomic E-state index is 12.9. The lowest BCUT2D eigenvalue weighted by atomic mass is 10.2. The molecule has 10 heteroatoms. The summed E-state index contributed by atoms with van der Waals surface area (Å²) in [7, 11) is 0. The number of nitrogens with one attached hydrogen (secondary N) is 1. The van der Waals surface area contributed by atoms with Crippen molar-refractivity contribution in [3.05, 3.63) is 45.8 Å². The highest BCUT2D eigenvalue weighted by Gasteiger charge is 2.30. The first-order valence-corrected chi connectivity index (χ1v) is 8.46. The van der Waals surface area contributed by atoms with Crippen LogP contribution in [0.4, 0.5) is 20.2 Å². The Kier molecular flexibility index (Phi) is 5.33. The van der Waals surface area contributed by atoms with Crippen molar-refractivity contribution in [2.75, 3.05) is 11.9 Å². The number of benzene rings is 1. The van der Waals surface area contributed by atoms with E-state index in [1.165, 1.54) is 28.9 Å². The lowest BCUT2D eigenvalue weighted by molar-refractivity contribution is -0.384. The predicted octanol–water partition coefficient (Wildman–Crippen LogP) is 3.64. The van der Waals surface area contributed by atoms with Crippen LogP contribution in [0.1, 0.15) is 43.5 Å². The zero-order valence-electron chi connectivity index (χ0n) is 14.5. The summed E-state index contributed by atoms with van der Waals surface area (Å²) in [5, 5.41) is 17.5. The molecule has 0 unspecified atom stereocenters. The van der Waals surface area contributed by atoms with Crippen molar-refractivity contribution in [2.45, 2.75) is 38.7 Å². The van der Waals surface area contributed by atoms with Gasteiger partial charge in [0.25, 0.3) is 12.1 Å². The summed E-state index contributed by atoms with van der Waals surface area (Å²) in [5.41, 5.74) is -0.105. The number of aromatic nitrogens is 2. The first kappa shape index (κ1) is 18.7. The van der Waals surface area contributed by atoms with Crippen molar-refractivity contribution >= 4 is 17.3 Å². The van der Waals surface area contributed by atoms with Crippen LogP contribution in [0.15, 0.2) is 24.3 Å². The number of alkyl halides is 2. The molecule has 1 heterocycles. The second kappa shape index (κ2) is 7.68. The van der Waals surface area contributed by atoms with Crippen LogP contribution < -0.4 is 10.1 Å². The molecule has 0 aliphatic heterocycles. The largest absolute Gasteiger partial charge is 0.494 e. The Labute approximate surface area is 153 Å². The standard InChI is InChI=1S/C17H18F2N4O4/c1-2-27-11-5-6-12(15(7-11)23(25)26)20-16(24)9-22-14(10-3-4-10)8-13(21-22)17(18)19/h5-8,10,17H,2-4,9H2,1H3,(H,20,24). The molecule has 1 amide bonds. The van der Waals surface area contributed by atoms with E-state index in [9.17, 15) is 23.7 Å². The van der Waals surface area contributed by atoms with E-state index in [1.54, 1.807) is 6.92 Å². The summed E-state index contributed by atoms with van der Waals surface area (Å²) in [4.78, 5) is 22.9. The minimum absolute atomic E-state index is 0.00247. The molecule has 0 bridgehead atoms. The Morgan fingerprint density at radius 1 is 1.44 bits per heavy atom. The minimum atomic E-state index is -2.72. The molecule has 1 aliphatic carbocycles. The number of nitrogens with zero attached hydrogens (tertiary/aromatic N) is 3. The Balaban J connectivity index is 1.77. The molecule has 1 N–H and O–H groups in total. The van der Waals surface area contributed by atoms with Crippen LogP contribution in [-0.4, -0.2) is 27.2 Å². The van der Waals surface area contributed by atoms with Crippen LogP contribution in [0, 0.1) is 10.1 Å². The highest BCUT2D eigenvalue weighted by atomic mass is 19.3. The van der Waals surface area contributed by atoms with Gasteiger partial charge in [0.05, 0.1) is 17.6 Å². The monoisotopic (exact) mass is 380 g/mol. The van der Waals surface area contributed by atoms with Gasteiger partial charge in [0.2, 0.25) is 5.91 Å². The average Bonchev–Trinajstić information content (AvgIpc) is 3.36. The van der Waals surface area contributed by atoms with Crippen molar-refractivity contribution in [3.63, 3.8) is 0 Å². The van der Waals surface area contributed by atoms with Gasteiger partial charge < -0.3 is 10.1 Å². The quantitative estimate of drug-likeness (QED) is 0.557. The number of halogens is 2. The molecule has 1 saturated carbocycles. The van der Waals surface area contributed by atoms with Crippen LogP contribution >= 0.6 is 0 Å². The molecular formula is C17H18F2N4O4. The van der Waals surface area contributed by atoms with Crippen LogP contribution in [0.5, 0.6) is 5.75 Å². The van der Waals surface area contributed by atoms with E-state index in [4.69, 9.17) is 4.74 Å². The number of carbonyl (C=O) groups is 1. The van der Waals surface area contributed by atoms with Gasteiger partial charge in [-0.25, -0.2) is 8.78 Å². The summed E-state index contributed by atoms with van der Waals surface area (Å²) in [6.07, 6.45) is -1.00. The maximum Gasteiger partial charge on any atom is 0.296 e. The van der Waals surface area contributed by atoms with Gasteiger partial charge in [-0.05, 0) is 38.0 Å². The van der Waals surface area contributed by atoms with E-state index in [1.807, 2.05) is 0 Å². The first-order chi connectivity index (χ1) is 12.9. The fourth-order valence-electron chi connectivity index (χ4n) is 2.74. The summed E-state index contributed by atoms with van der Waals surface area (Å²) in [6.45, 7) is 1.79. The number of carbonyl (C=O) groups excluding carboxylic acids is 1. The van der Waals surface area contributed by atoms with Crippen LogP contribution in [0.3, 0.4) is 0 Å². The summed E-state index contributed by atoms with van der Waals surface area (Å²) >= 11 is 0. The minimum Gasteiger partial charge on any atom is -0.494 e. The molecule has 27 heavy (non-hydrogen) atoms. The van der Waals surface area contributed by atoms with Crippen LogP contribution in [-0.2, 0) is 11.3 Å². The van der Waals surface area contributed by atoms with E-state index in [0.29, 0.717) is 18.1 Å². The van der Waals surface area contributed by atoms with Gasteiger partial charge in [-0.2, -0.15) is 5.10 Å². The lowest BCUT2D eigenvalue weighted by Crippen LogP contribution is -2.21. The zero-order valence-corrected chi connectivity index (χ0v) is 14.5. The molecule has 3 rings (SSSR count). The molecule has 1 fully saturated rings. The van der Waals surface area contributed by atoms with E-state index in [-0.39, 0.29) is 29.5 Å². The van der Waals surface area contributed by atoms with E-state index < -0.39 is 17.3 Å². The van der Waals surface area contributed by atoms with Crippen molar-refractivity contribution in [1.82, 2.24) is 9.78 Å². The number of hydrogen-bond acceptors (Lipinski definition) is 5. The van der Waals surface area contributed by atoms with Gasteiger partial charge >= 0.3 is 0 Å². The summed E-state index contributed by atoms with van der Waals surface area (Å²) in [5.74, 6) is -0.155. The third-order valence-corrected chi connectivity index (χ3v) is 4.09. The second-order valence-corrected chi connectivity index (χ2v) is 6.14. The number of nitro groups is 1. The number of ether oxygens (including phenoxy) is 1. The van der Waals surface area contributed by atoms with Crippen molar-refractivity contribution in [2.24, 2.45) is 0 Å². The third kappa shape index (κ3) is 4.39. The number of hydrogen-bond donors (Lipinski definition) is 1. The second-order valence-electron chi connectivity index (χ2n) is 6.14. The predicted molar refractivity (Wildman–Crippen MR) is 92.1 cm³/mol. The van der Waals surface area contributed by atoms with Crippen molar-refractivity contribution in [1.29, 1.82) is 0 Å². The maximum atomic E-state index is 12.9. The Morgan fingerprint density at radius 2 is 2.19 bits per heavy atom. The Hall–Kier alpha value is -3.04. The topological polar surface area (TPSA) is 99.3 Å². The zero-order chi connectivity index (χ0) is 19.6. The molecule has 0 atom stereocenters. The van der Waals surface area contributed by atoms with E-state index in [0.717, 1.165) is 12.8 Å². The van der Waals surface area contributed by atoms with Gasteiger partial charge in [-0.1, -0.05) is 0 Å². The van der Waals surface area contributed by atoms with Gasteiger partial charge in [0.15, 0.2) is 0 Å². The van der Waals surface area contributed by atoms with Gasteiger partial charge in [-0.15, -0.1) is 0 Å². The average molecular weight is 380 g/mol. The van der Waals surface area contributed by atoms with Crippen molar-refractivity contribution in [3.8, 4) is 5.75 Å². The van der Waals surface area contributed by atoms with Crippen LogP contribution in [0.25, 0.3) is 0 Å². The van der Waals surface area contributed by atoms with Gasteiger partial charge in [-0.3, -0.25) is 19.6 Å². The molecule has 0 radical (unpaired) electrons. The SMILES string of the molecule is CCOc1ccc(NC(=O)Cn2nc(C(F)F)cc2C2CC2)c([N+](=O)[O-])c1. The van der Waals surface area contributed by atoms with Crippen LogP contribution in [0.2, 0.25) is 0 Å². The normalized spacial score (nSPS) is 13.6. The Morgan fingerprint density at radius 3 is 2.78 bits per heavy atom. The lowest BCUT2D eigenvalue weighted by Gasteiger charge is -2.10. The van der Waals surface area contributed by atoms with E-state index >= 15 is 0 Å². The molecule has 1 aromatic carbocycles. The molecule has 0 saturated heterocycles. The summed E-state index contributed by atoms with van der Waals surface area (Å²) in [6, 6.07) is 5.41. The Bertz CT molecular complexity index is 865. The number of rotatable bonds is 8. The molecule has 1 aliphatic rings. The molecule has 1 aromatic heterocycles. The number of anilines is 1. The number of amides is 1. The molecule has 0 spiro atoms. The third-order valence-electron chi connectivity index (χ3n) is 4.09. The highest BCUT2D eigenvalue weighted by Crippen LogP contribution is 2.41. The van der Waals surface area contributed by atoms with E-state index in [2.05, 4.69) is 10.4 Å². The molecular weight excluding hydrogens is 362 g/mol. The van der Waals surface area contributed by atoms with Gasteiger partial charge in [0.1, 0.15) is 23.7 Å². The fraction of sp³-hybridized carbons (Fsp3) is 0.412. The summed E-state index contributed by atoms with van der Waals surface area (Å²) < 4.78 is 32.3. The molecule has 2 aromatic rings. The fourth-order valence-corrected chi connectivity index (χ4v) is 2.74. The smallest absolute Gasteiger partial charge is 0.296 e. The molecule has 8 nitrogen and oxygen atoms in total. The first-order valence-electron chi connectivity index (χ1n) is 8.46.